The van der Waals surface area contributed by atoms with E-state index in [1.54, 1.807) is 19.9 Å². The summed E-state index contributed by atoms with van der Waals surface area (Å²) in [6.07, 6.45) is 0. The number of halogens is 1. The van der Waals surface area contributed by atoms with Crippen LogP contribution in [-0.4, -0.2) is 15.7 Å². The first-order valence-electron chi connectivity index (χ1n) is 6.58. The third kappa shape index (κ3) is 3.39. The predicted molar refractivity (Wildman–Crippen MR) is 77.0 cm³/mol. The van der Waals surface area contributed by atoms with Crippen LogP contribution in [0.4, 0.5) is 10.1 Å². The van der Waals surface area contributed by atoms with Gasteiger partial charge in [0, 0.05) is 0 Å². The number of nitrogens with two attached hydrogens (primary N) is 1. The SMILES string of the molecule is Cc1ccc(F)cc1COC(=O)Cn1nc(C)c(N)c1C. The number of nitrogens with zero attached hydrogens (tertiary/aromatic N) is 2. The number of nitrogen functional groups attached to an aromatic ring is 1. The van der Waals surface area contributed by atoms with Gasteiger partial charge in [-0.05, 0) is 44.0 Å². The number of esters is 1. The van der Waals surface area contributed by atoms with Crippen LogP contribution in [0.2, 0.25) is 0 Å². The maximum absolute atomic E-state index is 13.2. The van der Waals surface area contributed by atoms with Crippen LogP contribution < -0.4 is 5.73 Å². The van der Waals surface area contributed by atoms with Crippen molar-refractivity contribution in [2.75, 3.05) is 5.73 Å². The van der Waals surface area contributed by atoms with Gasteiger partial charge in [-0.25, -0.2) is 4.39 Å². The molecule has 21 heavy (non-hydrogen) atoms. The monoisotopic (exact) mass is 291 g/mol. The van der Waals surface area contributed by atoms with Crippen molar-refractivity contribution in [2.24, 2.45) is 0 Å². The van der Waals surface area contributed by atoms with E-state index in [0.717, 1.165) is 11.3 Å². The van der Waals surface area contributed by atoms with Gasteiger partial charge in [0.25, 0.3) is 0 Å². The minimum Gasteiger partial charge on any atom is -0.459 e. The van der Waals surface area contributed by atoms with Gasteiger partial charge in [0.05, 0.1) is 17.1 Å². The summed E-state index contributed by atoms with van der Waals surface area (Å²) in [7, 11) is 0. The number of carbonyl (C=O) groups is 1. The summed E-state index contributed by atoms with van der Waals surface area (Å²) in [5.74, 6) is -0.790. The number of carbonyl (C=O) groups excluding carboxylic acids is 1. The largest absolute Gasteiger partial charge is 0.459 e. The van der Waals surface area contributed by atoms with Crippen molar-refractivity contribution < 1.29 is 13.9 Å². The molecule has 2 aromatic rings. The lowest BCUT2D eigenvalue weighted by Crippen LogP contribution is -2.16. The molecule has 0 saturated carbocycles. The number of hydrogen-bond acceptors (Lipinski definition) is 4. The second-order valence-corrected chi connectivity index (χ2v) is 4.97. The van der Waals surface area contributed by atoms with E-state index < -0.39 is 5.97 Å². The summed E-state index contributed by atoms with van der Waals surface area (Å²) in [4.78, 5) is 11.8. The maximum Gasteiger partial charge on any atom is 0.328 e. The third-order valence-electron chi connectivity index (χ3n) is 3.42. The molecule has 1 aromatic heterocycles. The number of anilines is 1. The Morgan fingerprint density at radius 2 is 2.10 bits per heavy atom. The molecule has 5 nitrogen and oxygen atoms in total. The Bertz CT molecular complexity index is 680. The Morgan fingerprint density at radius 1 is 1.38 bits per heavy atom. The van der Waals surface area contributed by atoms with Crippen LogP contribution in [0, 0.1) is 26.6 Å². The first-order valence-corrected chi connectivity index (χ1v) is 6.58. The molecule has 0 unspecified atom stereocenters. The summed E-state index contributed by atoms with van der Waals surface area (Å²) < 4.78 is 19.8. The highest BCUT2D eigenvalue weighted by atomic mass is 19.1. The van der Waals surface area contributed by atoms with E-state index in [1.807, 2.05) is 6.92 Å². The van der Waals surface area contributed by atoms with E-state index >= 15 is 0 Å². The number of rotatable bonds is 4. The molecular weight excluding hydrogens is 273 g/mol. The van der Waals surface area contributed by atoms with Crippen molar-refractivity contribution in [2.45, 2.75) is 33.9 Å². The van der Waals surface area contributed by atoms with E-state index in [9.17, 15) is 9.18 Å². The van der Waals surface area contributed by atoms with Crippen LogP contribution in [0.15, 0.2) is 18.2 Å². The minimum absolute atomic E-state index is 0.0156. The highest BCUT2D eigenvalue weighted by Crippen LogP contribution is 2.15. The Labute approximate surface area is 122 Å². The van der Waals surface area contributed by atoms with E-state index in [-0.39, 0.29) is 19.0 Å². The van der Waals surface area contributed by atoms with E-state index in [0.29, 0.717) is 16.9 Å². The fourth-order valence-corrected chi connectivity index (χ4v) is 1.99. The topological polar surface area (TPSA) is 70.1 Å². The number of hydrogen-bond donors (Lipinski definition) is 1. The predicted octanol–water partition coefficient (Wildman–Crippen LogP) is 2.27. The van der Waals surface area contributed by atoms with Crippen LogP contribution in [-0.2, 0) is 22.7 Å². The molecular formula is C15H18FN3O2. The van der Waals surface area contributed by atoms with Gasteiger partial charge in [-0.1, -0.05) is 6.07 Å². The molecule has 0 spiro atoms. The van der Waals surface area contributed by atoms with Crippen molar-refractivity contribution in [3.63, 3.8) is 0 Å². The molecule has 0 saturated heterocycles. The quantitative estimate of drug-likeness (QED) is 0.877. The second kappa shape index (κ2) is 5.95. The maximum atomic E-state index is 13.2. The van der Waals surface area contributed by atoms with Gasteiger partial charge in [0.15, 0.2) is 0 Å². The van der Waals surface area contributed by atoms with Gasteiger partial charge in [-0.15, -0.1) is 0 Å². The molecule has 0 bridgehead atoms. The van der Waals surface area contributed by atoms with Crippen molar-refractivity contribution in [3.8, 4) is 0 Å². The van der Waals surface area contributed by atoms with Crippen molar-refractivity contribution in [3.05, 3.63) is 46.5 Å². The second-order valence-electron chi connectivity index (χ2n) is 4.97. The van der Waals surface area contributed by atoms with Crippen LogP contribution in [0.3, 0.4) is 0 Å². The molecule has 2 N–H and O–H groups in total. The summed E-state index contributed by atoms with van der Waals surface area (Å²) >= 11 is 0. The molecule has 1 aromatic carbocycles. The average molecular weight is 291 g/mol. The molecule has 0 atom stereocenters. The summed E-state index contributed by atoms with van der Waals surface area (Å²) in [5, 5.41) is 4.17. The molecule has 0 aliphatic heterocycles. The lowest BCUT2D eigenvalue weighted by molar-refractivity contribution is -0.145. The molecule has 0 aliphatic carbocycles. The van der Waals surface area contributed by atoms with Crippen LogP contribution in [0.5, 0.6) is 0 Å². The normalized spacial score (nSPS) is 10.7. The fraction of sp³-hybridized carbons (Fsp3) is 0.333. The van der Waals surface area contributed by atoms with Crippen LogP contribution in [0.1, 0.15) is 22.5 Å². The summed E-state index contributed by atoms with van der Waals surface area (Å²) in [5.41, 5.74) is 9.31. The molecule has 0 amide bonds. The van der Waals surface area contributed by atoms with Crippen molar-refractivity contribution in [1.82, 2.24) is 9.78 Å². The highest BCUT2D eigenvalue weighted by Gasteiger charge is 2.13. The van der Waals surface area contributed by atoms with E-state index in [2.05, 4.69) is 5.10 Å². The number of benzene rings is 1. The van der Waals surface area contributed by atoms with E-state index in [4.69, 9.17) is 10.5 Å². The lowest BCUT2D eigenvalue weighted by atomic mass is 10.1. The Kier molecular flexibility index (Phi) is 4.26. The Balaban J connectivity index is 1.99. The highest BCUT2D eigenvalue weighted by molar-refractivity contribution is 5.69. The fourth-order valence-electron chi connectivity index (χ4n) is 1.99. The molecule has 2 rings (SSSR count). The lowest BCUT2D eigenvalue weighted by Gasteiger charge is -2.08. The number of aromatic nitrogens is 2. The summed E-state index contributed by atoms with van der Waals surface area (Å²) in [6, 6.07) is 4.39. The zero-order valence-electron chi connectivity index (χ0n) is 12.3. The van der Waals surface area contributed by atoms with Gasteiger partial charge < -0.3 is 10.5 Å². The summed E-state index contributed by atoms with van der Waals surface area (Å²) in [6.45, 7) is 5.43. The first-order chi connectivity index (χ1) is 9.88. The molecule has 0 aliphatic rings. The smallest absolute Gasteiger partial charge is 0.328 e. The van der Waals surface area contributed by atoms with Gasteiger partial charge in [0.1, 0.15) is 19.0 Å². The molecule has 1 heterocycles. The zero-order valence-corrected chi connectivity index (χ0v) is 12.3. The Hall–Kier alpha value is -2.37. The number of aryl methyl sites for hydroxylation is 2. The first kappa shape index (κ1) is 15.0. The minimum atomic E-state index is -0.440. The van der Waals surface area contributed by atoms with Crippen LogP contribution in [0.25, 0.3) is 0 Å². The van der Waals surface area contributed by atoms with Crippen molar-refractivity contribution in [1.29, 1.82) is 0 Å². The van der Waals surface area contributed by atoms with Gasteiger partial charge in [0.2, 0.25) is 0 Å². The molecule has 6 heteroatoms. The van der Waals surface area contributed by atoms with Crippen molar-refractivity contribution >= 4 is 11.7 Å². The van der Waals surface area contributed by atoms with E-state index in [1.165, 1.54) is 16.8 Å². The average Bonchev–Trinajstić information content (AvgIpc) is 2.67. The van der Waals surface area contributed by atoms with Crippen LogP contribution >= 0.6 is 0 Å². The van der Waals surface area contributed by atoms with Gasteiger partial charge in [-0.3, -0.25) is 9.48 Å². The van der Waals surface area contributed by atoms with Gasteiger partial charge in [-0.2, -0.15) is 5.10 Å². The molecule has 112 valence electrons. The molecule has 0 fully saturated rings. The van der Waals surface area contributed by atoms with Gasteiger partial charge >= 0.3 is 5.97 Å². The third-order valence-corrected chi connectivity index (χ3v) is 3.42. The number of ether oxygens (including phenoxy) is 1. The standard InChI is InChI=1S/C15H18FN3O2/c1-9-4-5-13(16)6-12(9)8-21-14(20)7-19-11(3)15(17)10(2)18-19/h4-6H,7-8,17H2,1-3H3. The Morgan fingerprint density at radius 3 is 2.71 bits per heavy atom. The molecule has 0 radical (unpaired) electrons. The zero-order chi connectivity index (χ0) is 15.6.